The first-order valence-corrected chi connectivity index (χ1v) is 11.2. The molecule has 0 aliphatic carbocycles. The third kappa shape index (κ3) is 5.31. The van der Waals surface area contributed by atoms with Crippen LogP contribution in [0.4, 0.5) is 5.69 Å². The average molecular weight is 452 g/mol. The average Bonchev–Trinajstić information content (AvgIpc) is 2.68. The highest BCUT2D eigenvalue weighted by Crippen LogP contribution is 2.17. The molecule has 0 spiro atoms. The fraction of sp³-hybridized carbons (Fsp3) is 0.316. The molecule has 1 heterocycles. The maximum Gasteiger partial charge on any atom is 0.251 e. The third-order valence-corrected chi connectivity index (χ3v) is 6.85. The number of carbonyl (C=O) groups is 1. The van der Waals surface area contributed by atoms with Crippen LogP contribution in [0.5, 0.6) is 0 Å². The second-order valence-corrected chi connectivity index (χ2v) is 9.31. The highest BCUT2D eigenvalue weighted by molar-refractivity contribution is 9.10. The summed E-state index contributed by atoms with van der Waals surface area (Å²) in [7, 11) is -3.39. The van der Waals surface area contributed by atoms with E-state index in [1.54, 1.807) is 18.2 Å². The van der Waals surface area contributed by atoms with Crippen LogP contribution in [0.15, 0.2) is 59.1 Å². The second kappa shape index (κ2) is 8.86. The SMILES string of the molecule is O=C(NCCS(=O)(=O)N1CCN(c2ccccc2)CC1)c1cccc(Br)c1. The lowest BCUT2D eigenvalue weighted by molar-refractivity contribution is 0.0956. The quantitative estimate of drug-likeness (QED) is 0.731. The Labute approximate surface area is 168 Å². The molecule has 0 saturated carbocycles. The molecule has 144 valence electrons. The van der Waals surface area contributed by atoms with Crippen LogP contribution in [0.25, 0.3) is 0 Å². The molecular formula is C19H22BrN3O3S. The smallest absolute Gasteiger partial charge is 0.251 e. The molecule has 2 aromatic rings. The van der Waals surface area contributed by atoms with Crippen LogP contribution in [0.3, 0.4) is 0 Å². The first-order chi connectivity index (χ1) is 13.0. The fourth-order valence-electron chi connectivity index (χ4n) is 3.02. The predicted molar refractivity (Wildman–Crippen MR) is 110 cm³/mol. The van der Waals surface area contributed by atoms with E-state index in [-0.39, 0.29) is 18.2 Å². The summed E-state index contributed by atoms with van der Waals surface area (Å²) in [6.07, 6.45) is 0. The van der Waals surface area contributed by atoms with Gasteiger partial charge < -0.3 is 10.2 Å². The van der Waals surface area contributed by atoms with Crippen molar-refractivity contribution in [3.8, 4) is 0 Å². The monoisotopic (exact) mass is 451 g/mol. The van der Waals surface area contributed by atoms with E-state index in [2.05, 4.69) is 26.1 Å². The largest absolute Gasteiger partial charge is 0.369 e. The van der Waals surface area contributed by atoms with Gasteiger partial charge in [0.2, 0.25) is 10.0 Å². The van der Waals surface area contributed by atoms with Crippen LogP contribution >= 0.6 is 15.9 Å². The van der Waals surface area contributed by atoms with E-state index in [4.69, 9.17) is 0 Å². The minimum absolute atomic E-state index is 0.0899. The van der Waals surface area contributed by atoms with Gasteiger partial charge in [0.05, 0.1) is 5.75 Å². The van der Waals surface area contributed by atoms with Crippen LogP contribution in [-0.2, 0) is 10.0 Å². The number of sulfonamides is 1. The summed E-state index contributed by atoms with van der Waals surface area (Å²) in [5.74, 6) is -0.377. The maximum absolute atomic E-state index is 12.5. The zero-order valence-corrected chi connectivity index (χ0v) is 17.2. The normalized spacial score (nSPS) is 15.5. The number of carbonyl (C=O) groups excluding carboxylic acids is 1. The van der Waals surface area contributed by atoms with Gasteiger partial charge in [0, 0.05) is 48.4 Å². The van der Waals surface area contributed by atoms with E-state index in [1.165, 1.54) is 4.31 Å². The van der Waals surface area contributed by atoms with Gasteiger partial charge in [-0.05, 0) is 30.3 Å². The number of anilines is 1. The first kappa shape index (κ1) is 19.9. The lowest BCUT2D eigenvalue weighted by atomic mass is 10.2. The molecular weight excluding hydrogens is 430 g/mol. The van der Waals surface area contributed by atoms with Crippen molar-refractivity contribution in [3.63, 3.8) is 0 Å². The van der Waals surface area contributed by atoms with E-state index in [0.29, 0.717) is 31.7 Å². The lowest BCUT2D eigenvalue weighted by Crippen LogP contribution is -2.50. The van der Waals surface area contributed by atoms with E-state index in [9.17, 15) is 13.2 Å². The molecule has 1 aliphatic rings. The van der Waals surface area contributed by atoms with Crippen LogP contribution < -0.4 is 10.2 Å². The number of nitrogens with zero attached hydrogens (tertiary/aromatic N) is 2. The number of hydrogen-bond donors (Lipinski definition) is 1. The van der Waals surface area contributed by atoms with E-state index in [0.717, 1.165) is 10.2 Å². The summed E-state index contributed by atoms with van der Waals surface area (Å²) in [4.78, 5) is 14.3. The molecule has 0 radical (unpaired) electrons. The van der Waals surface area contributed by atoms with Crippen molar-refractivity contribution in [1.82, 2.24) is 9.62 Å². The Morgan fingerprint density at radius 2 is 1.70 bits per heavy atom. The van der Waals surface area contributed by atoms with Gasteiger partial charge in [0.25, 0.3) is 5.91 Å². The fourth-order valence-corrected chi connectivity index (χ4v) is 4.75. The van der Waals surface area contributed by atoms with Crippen molar-refractivity contribution in [1.29, 1.82) is 0 Å². The van der Waals surface area contributed by atoms with Gasteiger partial charge in [-0.1, -0.05) is 40.2 Å². The van der Waals surface area contributed by atoms with Crippen molar-refractivity contribution >= 4 is 37.5 Å². The molecule has 0 aromatic heterocycles. The molecule has 1 fully saturated rings. The molecule has 0 bridgehead atoms. The highest BCUT2D eigenvalue weighted by atomic mass is 79.9. The van der Waals surface area contributed by atoms with Gasteiger partial charge >= 0.3 is 0 Å². The number of hydrogen-bond acceptors (Lipinski definition) is 4. The topological polar surface area (TPSA) is 69.7 Å². The number of halogens is 1. The van der Waals surface area contributed by atoms with Gasteiger partial charge in [-0.3, -0.25) is 4.79 Å². The zero-order valence-electron chi connectivity index (χ0n) is 14.8. The Bertz CT molecular complexity index is 882. The third-order valence-electron chi connectivity index (χ3n) is 4.49. The second-order valence-electron chi connectivity index (χ2n) is 6.30. The van der Waals surface area contributed by atoms with Gasteiger partial charge in [0.1, 0.15) is 0 Å². The van der Waals surface area contributed by atoms with Gasteiger partial charge in [0.15, 0.2) is 0 Å². The summed E-state index contributed by atoms with van der Waals surface area (Å²) in [6, 6.07) is 17.0. The number of amides is 1. The Balaban J connectivity index is 1.48. The van der Waals surface area contributed by atoms with Crippen molar-refractivity contribution < 1.29 is 13.2 Å². The molecule has 8 heteroatoms. The van der Waals surface area contributed by atoms with Crippen molar-refractivity contribution in [3.05, 3.63) is 64.6 Å². The van der Waals surface area contributed by atoms with Gasteiger partial charge in [-0.2, -0.15) is 4.31 Å². The van der Waals surface area contributed by atoms with E-state index < -0.39 is 10.0 Å². The van der Waals surface area contributed by atoms with Crippen LogP contribution in [0.1, 0.15) is 10.4 Å². The van der Waals surface area contributed by atoms with E-state index in [1.807, 2.05) is 36.4 Å². The number of nitrogens with one attached hydrogen (secondary N) is 1. The number of para-hydroxylation sites is 1. The van der Waals surface area contributed by atoms with Crippen molar-refractivity contribution in [2.24, 2.45) is 0 Å². The summed E-state index contributed by atoms with van der Waals surface area (Å²) in [6.45, 7) is 2.32. The molecule has 1 amide bonds. The summed E-state index contributed by atoms with van der Waals surface area (Å²) in [5.41, 5.74) is 1.61. The Morgan fingerprint density at radius 3 is 2.37 bits per heavy atom. The molecule has 0 unspecified atom stereocenters. The Hall–Kier alpha value is -1.90. The van der Waals surface area contributed by atoms with Gasteiger partial charge in [-0.15, -0.1) is 0 Å². The Kier molecular flexibility index (Phi) is 6.51. The maximum atomic E-state index is 12.5. The predicted octanol–water partition coefficient (Wildman–Crippen LogP) is 2.33. The lowest BCUT2D eigenvalue weighted by Gasteiger charge is -2.35. The summed E-state index contributed by atoms with van der Waals surface area (Å²) >= 11 is 3.32. The summed E-state index contributed by atoms with van der Waals surface area (Å²) in [5, 5.41) is 2.68. The molecule has 1 N–H and O–H groups in total. The highest BCUT2D eigenvalue weighted by Gasteiger charge is 2.26. The minimum atomic E-state index is -3.39. The number of rotatable bonds is 6. The van der Waals surface area contributed by atoms with Crippen LogP contribution in [-0.4, -0.2) is 57.1 Å². The molecule has 3 rings (SSSR count). The molecule has 0 atom stereocenters. The van der Waals surface area contributed by atoms with Crippen LogP contribution in [0, 0.1) is 0 Å². The molecule has 27 heavy (non-hydrogen) atoms. The van der Waals surface area contributed by atoms with Crippen LogP contribution in [0.2, 0.25) is 0 Å². The summed E-state index contributed by atoms with van der Waals surface area (Å²) < 4.78 is 27.4. The number of piperazine rings is 1. The number of benzene rings is 2. The Morgan fingerprint density at radius 1 is 1.00 bits per heavy atom. The van der Waals surface area contributed by atoms with Crippen molar-refractivity contribution in [2.45, 2.75) is 0 Å². The minimum Gasteiger partial charge on any atom is -0.369 e. The first-order valence-electron chi connectivity index (χ1n) is 8.77. The standard InChI is InChI=1S/C19H22BrN3O3S/c20-17-6-4-5-16(15-17)19(24)21-9-14-27(25,26)23-12-10-22(11-13-23)18-7-2-1-3-8-18/h1-8,15H,9-14H2,(H,21,24). The van der Waals surface area contributed by atoms with Gasteiger partial charge in [-0.25, -0.2) is 8.42 Å². The molecule has 2 aromatic carbocycles. The van der Waals surface area contributed by atoms with Crippen molar-refractivity contribution in [2.75, 3.05) is 43.4 Å². The zero-order chi connectivity index (χ0) is 19.3. The molecule has 1 aliphatic heterocycles. The molecule has 1 saturated heterocycles. The van der Waals surface area contributed by atoms with E-state index >= 15 is 0 Å². The molecule has 6 nitrogen and oxygen atoms in total.